The summed E-state index contributed by atoms with van der Waals surface area (Å²) in [6.07, 6.45) is 3.76. The Labute approximate surface area is 144 Å². The van der Waals surface area contributed by atoms with Crippen molar-refractivity contribution in [2.24, 2.45) is 0 Å². The summed E-state index contributed by atoms with van der Waals surface area (Å²) in [5.41, 5.74) is 1.15. The van der Waals surface area contributed by atoms with Crippen molar-refractivity contribution in [3.63, 3.8) is 0 Å². The van der Waals surface area contributed by atoms with Gasteiger partial charge in [0, 0.05) is 32.2 Å². The summed E-state index contributed by atoms with van der Waals surface area (Å²) in [5.74, 6) is -0.445. The van der Waals surface area contributed by atoms with E-state index in [4.69, 9.17) is 5.26 Å². The number of allylic oxidation sites excluding steroid dienone is 1. The van der Waals surface area contributed by atoms with Crippen LogP contribution in [0.25, 0.3) is 0 Å². The zero-order chi connectivity index (χ0) is 14.4. The number of nitrogens with one attached hydrogen (secondary N) is 1. The summed E-state index contributed by atoms with van der Waals surface area (Å²) in [5, 5.41) is 12.3. The molecule has 122 valence electrons. The lowest BCUT2D eigenvalue weighted by Crippen LogP contribution is -2.45. The van der Waals surface area contributed by atoms with Gasteiger partial charge in [0.15, 0.2) is 0 Å². The van der Waals surface area contributed by atoms with E-state index in [1.165, 1.54) is 6.07 Å². The van der Waals surface area contributed by atoms with Gasteiger partial charge in [-0.3, -0.25) is 4.90 Å². The highest BCUT2D eigenvalue weighted by Gasteiger charge is 2.22. The van der Waals surface area contributed by atoms with Crippen molar-refractivity contribution in [1.82, 2.24) is 10.2 Å². The number of rotatable bonds is 5. The maximum atomic E-state index is 13.5. The van der Waals surface area contributed by atoms with Gasteiger partial charge in [-0.25, -0.2) is 4.39 Å². The third-order valence-corrected chi connectivity index (χ3v) is 3.73. The predicted molar refractivity (Wildman–Crippen MR) is 92.2 cm³/mol. The van der Waals surface area contributed by atoms with E-state index < -0.39 is 5.82 Å². The molecule has 1 aromatic rings. The second-order valence-electron chi connectivity index (χ2n) is 5.02. The number of nitriles is 1. The molecule has 1 saturated heterocycles. The number of benzene rings is 1. The highest BCUT2D eigenvalue weighted by Crippen LogP contribution is 2.27. The minimum absolute atomic E-state index is 0. The molecule has 3 nitrogen and oxygen atoms in total. The van der Waals surface area contributed by atoms with Gasteiger partial charge < -0.3 is 5.32 Å². The van der Waals surface area contributed by atoms with Crippen LogP contribution in [0.1, 0.15) is 30.0 Å². The fourth-order valence-corrected chi connectivity index (χ4v) is 2.67. The van der Waals surface area contributed by atoms with E-state index in [0.717, 1.165) is 44.6 Å². The highest BCUT2D eigenvalue weighted by atomic mass is 35.5. The zero-order valence-corrected chi connectivity index (χ0v) is 14.1. The van der Waals surface area contributed by atoms with Gasteiger partial charge in [0.25, 0.3) is 0 Å². The van der Waals surface area contributed by atoms with E-state index in [2.05, 4.69) is 16.8 Å². The van der Waals surface area contributed by atoms with E-state index in [1.54, 1.807) is 12.1 Å². The van der Waals surface area contributed by atoms with Crippen LogP contribution in [0.3, 0.4) is 0 Å². The number of nitrogens with zero attached hydrogens (tertiary/aromatic N) is 2. The number of hydrogen-bond donors (Lipinski definition) is 1. The van der Waals surface area contributed by atoms with Crippen molar-refractivity contribution in [3.05, 3.63) is 47.8 Å². The Bertz CT molecular complexity index is 511. The Kier molecular flexibility index (Phi) is 10.0. The molecule has 0 aliphatic carbocycles. The molecule has 1 heterocycles. The Morgan fingerprint density at radius 3 is 2.64 bits per heavy atom. The summed E-state index contributed by atoms with van der Waals surface area (Å²) in [4.78, 5) is 2.40. The van der Waals surface area contributed by atoms with Gasteiger partial charge in [-0.15, -0.1) is 31.4 Å². The van der Waals surface area contributed by atoms with Crippen molar-refractivity contribution in [3.8, 4) is 6.07 Å². The molecule has 0 bridgehead atoms. The standard InChI is InChI=1S/C16H20FN3.2ClH/c1-2-3-4-16(20-9-7-19-8-10-20)13-5-6-15(17)14(11-13)12-18;;/h2,5-6,11,16,19H,1,3-4,7-10H2;2*1H/t16-;;/m0../s1. The molecule has 0 spiro atoms. The summed E-state index contributed by atoms with van der Waals surface area (Å²) in [7, 11) is 0. The molecule has 0 unspecified atom stereocenters. The Morgan fingerprint density at radius 2 is 2.05 bits per heavy atom. The van der Waals surface area contributed by atoms with Crippen molar-refractivity contribution < 1.29 is 4.39 Å². The quantitative estimate of drug-likeness (QED) is 0.830. The minimum Gasteiger partial charge on any atom is -0.314 e. The van der Waals surface area contributed by atoms with E-state index in [0.29, 0.717) is 0 Å². The molecule has 1 atom stereocenters. The summed E-state index contributed by atoms with van der Waals surface area (Å²) >= 11 is 0. The third kappa shape index (κ3) is 5.26. The molecule has 0 radical (unpaired) electrons. The molecule has 1 aliphatic rings. The van der Waals surface area contributed by atoms with Crippen LogP contribution in [0.5, 0.6) is 0 Å². The number of piperazine rings is 1. The van der Waals surface area contributed by atoms with Crippen LogP contribution in [0, 0.1) is 17.1 Å². The molecule has 1 aromatic carbocycles. The molecule has 1 N–H and O–H groups in total. The summed E-state index contributed by atoms with van der Waals surface area (Å²) < 4.78 is 13.5. The fourth-order valence-electron chi connectivity index (χ4n) is 2.67. The van der Waals surface area contributed by atoms with Crippen LogP contribution >= 0.6 is 24.8 Å². The van der Waals surface area contributed by atoms with Gasteiger partial charge >= 0.3 is 0 Å². The van der Waals surface area contributed by atoms with Crippen LogP contribution in [0.2, 0.25) is 0 Å². The first kappa shape index (κ1) is 20.9. The van der Waals surface area contributed by atoms with Crippen LogP contribution in [0.15, 0.2) is 30.9 Å². The second kappa shape index (κ2) is 10.6. The third-order valence-electron chi connectivity index (χ3n) is 3.73. The molecular formula is C16H22Cl2FN3. The Morgan fingerprint density at radius 1 is 1.36 bits per heavy atom. The van der Waals surface area contributed by atoms with Crippen molar-refractivity contribution in [2.45, 2.75) is 18.9 Å². The molecule has 1 aliphatic heterocycles. The zero-order valence-electron chi connectivity index (χ0n) is 12.4. The van der Waals surface area contributed by atoms with E-state index in [1.807, 2.05) is 12.1 Å². The minimum atomic E-state index is -0.445. The van der Waals surface area contributed by atoms with E-state index >= 15 is 0 Å². The average Bonchev–Trinajstić information content (AvgIpc) is 2.50. The Hall–Kier alpha value is -1.12. The van der Waals surface area contributed by atoms with Crippen molar-refractivity contribution >= 4 is 24.8 Å². The van der Waals surface area contributed by atoms with Gasteiger partial charge in [0.1, 0.15) is 11.9 Å². The highest BCUT2D eigenvalue weighted by molar-refractivity contribution is 5.85. The second-order valence-corrected chi connectivity index (χ2v) is 5.02. The molecule has 2 rings (SSSR count). The van der Waals surface area contributed by atoms with Gasteiger partial charge in [0.05, 0.1) is 5.56 Å². The lowest BCUT2D eigenvalue weighted by Gasteiger charge is -2.35. The van der Waals surface area contributed by atoms with Crippen molar-refractivity contribution in [1.29, 1.82) is 5.26 Å². The number of hydrogen-bond acceptors (Lipinski definition) is 3. The molecule has 0 amide bonds. The fraction of sp³-hybridized carbons (Fsp3) is 0.438. The average molecular weight is 346 g/mol. The van der Waals surface area contributed by atoms with Crippen LogP contribution in [-0.2, 0) is 0 Å². The maximum absolute atomic E-state index is 13.5. The normalized spacial score (nSPS) is 15.8. The van der Waals surface area contributed by atoms with Crippen LogP contribution in [-0.4, -0.2) is 31.1 Å². The van der Waals surface area contributed by atoms with Gasteiger partial charge in [-0.05, 0) is 30.5 Å². The summed E-state index contributed by atoms with van der Waals surface area (Å²) in [6, 6.07) is 7.03. The monoisotopic (exact) mass is 345 g/mol. The SMILES string of the molecule is C=CCC[C@@H](c1ccc(F)c(C#N)c1)N1CCNCC1.Cl.Cl. The van der Waals surface area contributed by atoms with E-state index in [-0.39, 0.29) is 36.4 Å². The molecule has 22 heavy (non-hydrogen) atoms. The Balaban J connectivity index is 0.00000220. The molecular weight excluding hydrogens is 324 g/mol. The number of halogens is 3. The maximum Gasteiger partial charge on any atom is 0.140 e. The van der Waals surface area contributed by atoms with Crippen LogP contribution < -0.4 is 5.32 Å². The topological polar surface area (TPSA) is 39.1 Å². The summed E-state index contributed by atoms with van der Waals surface area (Å²) in [6.45, 7) is 7.66. The van der Waals surface area contributed by atoms with Crippen LogP contribution in [0.4, 0.5) is 4.39 Å². The van der Waals surface area contributed by atoms with Gasteiger partial charge in [0.2, 0.25) is 0 Å². The lowest BCUT2D eigenvalue weighted by molar-refractivity contribution is 0.166. The van der Waals surface area contributed by atoms with Gasteiger partial charge in [-0.2, -0.15) is 5.26 Å². The van der Waals surface area contributed by atoms with Crippen molar-refractivity contribution in [2.75, 3.05) is 26.2 Å². The largest absolute Gasteiger partial charge is 0.314 e. The van der Waals surface area contributed by atoms with E-state index in [9.17, 15) is 4.39 Å². The molecule has 0 saturated carbocycles. The smallest absolute Gasteiger partial charge is 0.140 e. The van der Waals surface area contributed by atoms with Gasteiger partial charge in [-0.1, -0.05) is 12.1 Å². The first-order valence-electron chi connectivity index (χ1n) is 7.01. The molecule has 0 aromatic heterocycles. The first-order chi connectivity index (χ1) is 9.76. The lowest BCUT2D eigenvalue weighted by atomic mass is 9.97. The molecule has 1 fully saturated rings. The first-order valence-corrected chi connectivity index (χ1v) is 7.01. The molecule has 6 heteroatoms. The predicted octanol–water partition coefficient (Wildman–Crippen LogP) is 3.45.